The van der Waals surface area contributed by atoms with Gasteiger partial charge in [-0.05, 0) is 30.7 Å². The fraction of sp³-hybridized carbons (Fsp3) is 0.125. The normalized spacial score (nSPS) is 10.1. The van der Waals surface area contributed by atoms with Crippen LogP contribution in [0.4, 0.5) is 5.69 Å². The van der Waals surface area contributed by atoms with Gasteiger partial charge in [-0.25, -0.2) is 0 Å². The van der Waals surface area contributed by atoms with Crippen LogP contribution in [0, 0.1) is 0 Å². The highest BCUT2D eigenvalue weighted by Crippen LogP contribution is 2.15. The van der Waals surface area contributed by atoms with Gasteiger partial charge in [0.2, 0.25) is 0 Å². The lowest BCUT2D eigenvalue weighted by Crippen LogP contribution is -2.24. The molecule has 1 amide bonds. The van der Waals surface area contributed by atoms with Crippen LogP contribution in [0.3, 0.4) is 0 Å². The van der Waals surface area contributed by atoms with E-state index in [2.05, 4.69) is 5.32 Å². The first-order chi connectivity index (χ1) is 9.58. The van der Waals surface area contributed by atoms with Gasteiger partial charge in [0.25, 0.3) is 5.91 Å². The molecule has 102 valence electrons. The Morgan fingerprint density at radius 2 is 1.80 bits per heavy atom. The summed E-state index contributed by atoms with van der Waals surface area (Å²) in [6, 6.07) is 14.3. The molecule has 0 aliphatic rings. The maximum Gasteiger partial charge on any atom is 0.253 e. The number of anilines is 1. The van der Waals surface area contributed by atoms with Crippen molar-refractivity contribution in [2.45, 2.75) is 13.5 Å². The molecule has 20 heavy (non-hydrogen) atoms. The summed E-state index contributed by atoms with van der Waals surface area (Å²) >= 11 is 0. The Hall–Kier alpha value is -2.62. The molecule has 0 bridgehead atoms. The number of Topliss-reactive ketones (excluding diaryl/α,β-unsaturated/α-hetero) is 1. The summed E-state index contributed by atoms with van der Waals surface area (Å²) in [5, 5.41) is 2.79. The molecule has 0 aromatic heterocycles. The van der Waals surface area contributed by atoms with Crippen molar-refractivity contribution in [3.05, 3.63) is 65.2 Å². The van der Waals surface area contributed by atoms with Crippen LogP contribution < -0.4 is 11.1 Å². The summed E-state index contributed by atoms with van der Waals surface area (Å²) in [7, 11) is 0. The van der Waals surface area contributed by atoms with Crippen LogP contribution in [-0.4, -0.2) is 11.7 Å². The molecule has 4 heteroatoms. The predicted molar refractivity (Wildman–Crippen MR) is 78.5 cm³/mol. The number of carbonyl (C=O) groups excluding carboxylic acids is 2. The summed E-state index contributed by atoms with van der Waals surface area (Å²) < 4.78 is 0. The monoisotopic (exact) mass is 268 g/mol. The molecule has 0 atom stereocenters. The van der Waals surface area contributed by atoms with Gasteiger partial charge >= 0.3 is 0 Å². The first-order valence-corrected chi connectivity index (χ1v) is 6.30. The number of amides is 1. The molecule has 0 fully saturated rings. The zero-order valence-corrected chi connectivity index (χ0v) is 11.2. The second kappa shape index (κ2) is 6.02. The number of hydrogen-bond donors (Lipinski definition) is 2. The van der Waals surface area contributed by atoms with Crippen molar-refractivity contribution >= 4 is 17.4 Å². The highest BCUT2D eigenvalue weighted by atomic mass is 16.1. The van der Waals surface area contributed by atoms with Gasteiger partial charge in [-0.2, -0.15) is 0 Å². The van der Waals surface area contributed by atoms with Crippen molar-refractivity contribution in [2.24, 2.45) is 0 Å². The van der Waals surface area contributed by atoms with Crippen LogP contribution in [-0.2, 0) is 6.54 Å². The number of rotatable bonds is 4. The lowest BCUT2D eigenvalue weighted by molar-refractivity contribution is 0.0952. The van der Waals surface area contributed by atoms with Crippen molar-refractivity contribution in [1.82, 2.24) is 5.32 Å². The quantitative estimate of drug-likeness (QED) is 0.660. The minimum atomic E-state index is -0.283. The SMILES string of the molecule is CC(=O)c1ccc(N)c(C(=O)NCc2ccccc2)c1. The fourth-order valence-electron chi connectivity index (χ4n) is 1.85. The van der Waals surface area contributed by atoms with Crippen LogP contribution >= 0.6 is 0 Å². The summed E-state index contributed by atoms with van der Waals surface area (Å²) in [4.78, 5) is 23.4. The van der Waals surface area contributed by atoms with Gasteiger partial charge in [0.1, 0.15) is 0 Å². The Morgan fingerprint density at radius 1 is 1.10 bits per heavy atom. The number of nitrogens with two attached hydrogens (primary N) is 1. The molecular formula is C16H16N2O2. The lowest BCUT2D eigenvalue weighted by Gasteiger charge is -2.09. The van der Waals surface area contributed by atoms with Gasteiger partial charge < -0.3 is 11.1 Å². The molecule has 0 aliphatic carbocycles. The number of nitrogens with one attached hydrogen (secondary N) is 1. The minimum absolute atomic E-state index is 0.0953. The molecule has 0 saturated carbocycles. The first-order valence-electron chi connectivity index (χ1n) is 6.30. The van der Waals surface area contributed by atoms with Gasteiger partial charge in [0, 0.05) is 17.8 Å². The largest absolute Gasteiger partial charge is 0.398 e. The van der Waals surface area contributed by atoms with Gasteiger partial charge in [-0.1, -0.05) is 30.3 Å². The van der Waals surface area contributed by atoms with E-state index in [1.54, 1.807) is 12.1 Å². The number of nitrogen functional groups attached to an aromatic ring is 1. The first kappa shape index (κ1) is 13.8. The maximum absolute atomic E-state index is 12.1. The molecule has 2 rings (SSSR count). The van der Waals surface area contributed by atoms with Crippen LogP contribution in [0.5, 0.6) is 0 Å². The van der Waals surface area contributed by atoms with E-state index in [0.717, 1.165) is 5.56 Å². The number of hydrogen-bond acceptors (Lipinski definition) is 3. The number of benzene rings is 2. The molecule has 3 N–H and O–H groups in total. The van der Waals surface area contributed by atoms with E-state index in [-0.39, 0.29) is 11.7 Å². The molecule has 2 aromatic carbocycles. The molecule has 0 saturated heterocycles. The van der Waals surface area contributed by atoms with Crippen LogP contribution in [0.15, 0.2) is 48.5 Å². The third kappa shape index (κ3) is 3.23. The van der Waals surface area contributed by atoms with Crippen molar-refractivity contribution < 1.29 is 9.59 Å². The standard InChI is InChI=1S/C16H16N2O2/c1-11(19)13-7-8-15(17)14(9-13)16(20)18-10-12-5-3-2-4-6-12/h2-9H,10,17H2,1H3,(H,18,20). The van der Waals surface area contributed by atoms with E-state index in [1.807, 2.05) is 30.3 Å². The van der Waals surface area contributed by atoms with Gasteiger partial charge in [-0.3, -0.25) is 9.59 Å². The van der Waals surface area contributed by atoms with E-state index in [4.69, 9.17) is 5.73 Å². The molecule has 0 aliphatic heterocycles. The predicted octanol–water partition coefficient (Wildman–Crippen LogP) is 2.40. The van der Waals surface area contributed by atoms with Crippen LogP contribution in [0.2, 0.25) is 0 Å². The van der Waals surface area contributed by atoms with Crippen LogP contribution in [0.25, 0.3) is 0 Å². The van der Waals surface area contributed by atoms with E-state index < -0.39 is 0 Å². The van der Waals surface area contributed by atoms with Gasteiger partial charge in [0.05, 0.1) is 5.56 Å². The topological polar surface area (TPSA) is 72.2 Å². The highest BCUT2D eigenvalue weighted by Gasteiger charge is 2.11. The smallest absolute Gasteiger partial charge is 0.253 e. The highest BCUT2D eigenvalue weighted by molar-refractivity contribution is 6.03. The summed E-state index contributed by atoms with van der Waals surface area (Å²) in [5.41, 5.74) is 7.95. The van der Waals surface area contributed by atoms with E-state index in [0.29, 0.717) is 23.4 Å². The average Bonchev–Trinajstić information content (AvgIpc) is 2.46. The average molecular weight is 268 g/mol. The van der Waals surface area contributed by atoms with Crippen molar-refractivity contribution in [2.75, 3.05) is 5.73 Å². The molecule has 0 radical (unpaired) electrons. The Kier molecular flexibility index (Phi) is 4.15. The second-order valence-electron chi connectivity index (χ2n) is 4.53. The fourth-order valence-corrected chi connectivity index (χ4v) is 1.85. The van der Waals surface area contributed by atoms with E-state index in [9.17, 15) is 9.59 Å². The van der Waals surface area contributed by atoms with Crippen molar-refractivity contribution in [3.63, 3.8) is 0 Å². The van der Waals surface area contributed by atoms with E-state index >= 15 is 0 Å². The summed E-state index contributed by atoms with van der Waals surface area (Å²) in [6.07, 6.45) is 0. The summed E-state index contributed by atoms with van der Waals surface area (Å²) in [6.45, 7) is 1.88. The Labute approximate surface area is 117 Å². The van der Waals surface area contributed by atoms with E-state index in [1.165, 1.54) is 13.0 Å². The Balaban J connectivity index is 2.13. The molecule has 0 heterocycles. The number of carbonyl (C=O) groups is 2. The Bertz CT molecular complexity index is 636. The maximum atomic E-state index is 12.1. The van der Waals surface area contributed by atoms with Gasteiger partial charge in [0.15, 0.2) is 5.78 Å². The zero-order valence-electron chi connectivity index (χ0n) is 11.2. The molecular weight excluding hydrogens is 252 g/mol. The zero-order chi connectivity index (χ0) is 14.5. The molecule has 0 spiro atoms. The number of ketones is 1. The summed E-state index contributed by atoms with van der Waals surface area (Å²) in [5.74, 6) is -0.378. The van der Waals surface area contributed by atoms with Gasteiger partial charge in [-0.15, -0.1) is 0 Å². The van der Waals surface area contributed by atoms with Crippen molar-refractivity contribution in [1.29, 1.82) is 0 Å². The minimum Gasteiger partial charge on any atom is -0.398 e. The lowest BCUT2D eigenvalue weighted by atomic mass is 10.1. The van der Waals surface area contributed by atoms with Crippen molar-refractivity contribution in [3.8, 4) is 0 Å². The molecule has 4 nitrogen and oxygen atoms in total. The molecule has 2 aromatic rings. The van der Waals surface area contributed by atoms with Crippen LogP contribution in [0.1, 0.15) is 33.2 Å². The molecule has 0 unspecified atom stereocenters. The third-order valence-electron chi connectivity index (χ3n) is 3.00. The Morgan fingerprint density at radius 3 is 2.45 bits per heavy atom. The third-order valence-corrected chi connectivity index (χ3v) is 3.00. The second-order valence-corrected chi connectivity index (χ2v) is 4.53.